The highest BCUT2D eigenvalue weighted by Crippen LogP contribution is 2.39. The number of diazo groups is 1. The number of nitrogens with zero attached hydrogens (tertiary/aromatic N) is 2. The second kappa shape index (κ2) is 4.03. The molecule has 0 amide bonds. The first-order chi connectivity index (χ1) is 7.57. The van der Waals surface area contributed by atoms with Gasteiger partial charge in [-0.05, 0) is 27.7 Å². The van der Waals surface area contributed by atoms with Gasteiger partial charge in [-0.25, -0.2) is 0 Å². The molecule has 0 aliphatic heterocycles. The maximum atomic E-state index is 12.1. The molecular formula is C14H20N2O. The van der Waals surface area contributed by atoms with Gasteiger partial charge < -0.3 is 5.11 Å². The van der Waals surface area contributed by atoms with Crippen LogP contribution in [-0.4, -0.2) is 0 Å². The third-order valence-corrected chi connectivity index (χ3v) is 2.85. The fourth-order valence-electron chi connectivity index (χ4n) is 1.68. The molecule has 1 aromatic carbocycles. The fraction of sp³-hybridized carbons (Fsp3) is 0.571. The Hall–Kier alpha value is -1.56. The first-order valence-electron chi connectivity index (χ1n) is 5.78. The van der Waals surface area contributed by atoms with E-state index in [4.69, 9.17) is 5.39 Å². The summed E-state index contributed by atoms with van der Waals surface area (Å²) in [5.74, 6) is -0.187. The van der Waals surface area contributed by atoms with Gasteiger partial charge in [-0.15, -0.1) is 0 Å². The molecule has 0 bridgehead atoms. The van der Waals surface area contributed by atoms with Gasteiger partial charge in [-0.2, -0.15) is 0 Å². The minimum absolute atomic E-state index is 0.0762. The van der Waals surface area contributed by atoms with Crippen molar-refractivity contribution in [2.75, 3.05) is 0 Å². The minimum Gasteiger partial charge on any atom is -0.867 e. The van der Waals surface area contributed by atoms with Crippen molar-refractivity contribution in [1.29, 1.82) is 5.39 Å². The van der Waals surface area contributed by atoms with Crippen molar-refractivity contribution in [3.05, 3.63) is 28.2 Å². The normalized spacial score (nSPS) is 12.3. The molecule has 0 aliphatic carbocycles. The predicted molar refractivity (Wildman–Crippen MR) is 68.0 cm³/mol. The lowest BCUT2D eigenvalue weighted by Crippen LogP contribution is -2.18. The van der Waals surface area contributed by atoms with E-state index < -0.39 is 0 Å². The Morgan fingerprint density at radius 3 is 1.88 bits per heavy atom. The van der Waals surface area contributed by atoms with Gasteiger partial charge in [0.05, 0.1) is 0 Å². The van der Waals surface area contributed by atoms with Crippen LogP contribution in [0, 0.1) is 5.39 Å². The molecule has 1 rings (SSSR count). The van der Waals surface area contributed by atoms with E-state index in [2.05, 4.69) is 25.7 Å². The van der Waals surface area contributed by atoms with Crippen LogP contribution in [0.15, 0.2) is 12.1 Å². The summed E-state index contributed by atoms with van der Waals surface area (Å²) in [6.07, 6.45) is 0. The summed E-state index contributed by atoms with van der Waals surface area (Å²) in [4.78, 5) is 3.11. The van der Waals surface area contributed by atoms with Crippen molar-refractivity contribution in [3.63, 3.8) is 0 Å². The number of benzene rings is 1. The Bertz CT molecular complexity index is 471. The lowest BCUT2D eigenvalue weighted by Gasteiger charge is -2.27. The SMILES string of the molecule is CC(C)(C)c1cc([N+]#N)c([O-])c(C(C)(C)C)c1. The van der Waals surface area contributed by atoms with Crippen LogP contribution >= 0.6 is 0 Å². The highest BCUT2D eigenvalue weighted by molar-refractivity contribution is 5.63. The van der Waals surface area contributed by atoms with Gasteiger partial charge in [-0.3, -0.25) is 0 Å². The zero-order valence-electron chi connectivity index (χ0n) is 11.5. The molecule has 0 heterocycles. The van der Waals surface area contributed by atoms with Crippen LogP contribution in [0.3, 0.4) is 0 Å². The Labute approximate surface area is 103 Å². The number of rotatable bonds is 0. The molecule has 0 atom stereocenters. The van der Waals surface area contributed by atoms with E-state index in [1.807, 2.05) is 26.8 Å². The molecule has 92 valence electrons. The van der Waals surface area contributed by atoms with Gasteiger partial charge in [0.2, 0.25) is 5.39 Å². The van der Waals surface area contributed by atoms with Gasteiger partial charge in [0, 0.05) is 6.07 Å². The van der Waals surface area contributed by atoms with Crippen LogP contribution < -0.4 is 5.11 Å². The molecule has 17 heavy (non-hydrogen) atoms. The minimum atomic E-state index is -0.252. The monoisotopic (exact) mass is 232 g/mol. The van der Waals surface area contributed by atoms with E-state index in [0.717, 1.165) is 5.56 Å². The maximum absolute atomic E-state index is 12.1. The fourth-order valence-corrected chi connectivity index (χ4v) is 1.68. The Morgan fingerprint density at radius 2 is 1.53 bits per heavy atom. The van der Waals surface area contributed by atoms with E-state index in [9.17, 15) is 5.11 Å². The largest absolute Gasteiger partial charge is 0.867 e. The second-order valence-electron chi connectivity index (χ2n) is 6.47. The Balaban J connectivity index is 3.58. The smallest absolute Gasteiger partial charge is 0.377 e. The third kappa shape index (κ3) is 2.76. The zero-order valence-corrected chi connectivity index (χ0v) is 11.5. The highest BCUT2D eigenvalue weighted by Gasteiger charge is 2.25. The molecule has 3 heteroatoms. The average molecular weight is 232 g/mol. The molecule has 0 saturated carbocycles. The molecule has 3 nitrogen and oxygen atoms in total. The molecule has 0 fully saturated rings. The van der Waals surface area contributed by atoms with Crippen molar-refractivity contribution < 1.29 is 5.11 Å². The van der Waals surface area contributed by atoms with Crippen molar-refractivity contribution in [1.82, 2.24) is 0 Å². The van der Waals surface area contributed by atoms with Gasteiger partial charge in [0.1, 0.15) is 0 Å². The van der Waals surface area contributed by atoms with Crippen LogP contribution in [0.4, 0.5) is 5.69 Å². The standard InChI is InChI=1S/C14H20N2O/c1-13(2,3)9-7-10(14(4,5)6)12(17)11(8-9)16-15/h7-8H,1-6H3. The predicted octanol–water partition coefficient (Wildman–Crippen LogP) is 3.84. The lowest BCUT2D eigenvalue weighted by molar-refractivity contribution is -0.268. The summed E-state index contributed by atoms with van der Waals surface area (Å²) in [5, 5.41) is 21.0. The van der Waals surface area contributed by atoms with E-state index in [1.165, 1.54) is 0 Å². The van der Waals surface area contributed by atoms with E-state index in [0.29, 0.717) is 5.56 Å². The maximum Gasteiger partial charge on any atom is 0.377 e. The zero-order chi connectivity index (χ0) is 13.4. The molecule has 0 radical (unpaired) electrons. The number of hydrogen-bond donors (Lipinski definition) is 0. The average Bonchev–Trinajstić information content (AvgIpc) is 2.14. The Kier molecular flexibility index (Phi) is 3.20. The van der Waals surface area contributed by atoms with E-state index >= 15 is 0 Å². The van der Waals surface area contributed by atoms with Gasteiger partial charge in [-0.1, -0.05) is 47.6 Å². The summed E-state index contributed by atoms with van der Waals surface area (Å²) in [6.45, 7) is 12.2. The van der Waals surface area contributed by atoms with Crippen LogP contribution in [-0.2, 0) is 10.8 Å². The van der Waals surface area contributed by atoms with Crippen molar-refractivity contribution >= 4 is 5.69 Å². The van der Waals surface area contributed by atoms with Gasteiger partial charge >= 0.3 is 5.69 Å². The molecule has 0 aromatic heterocycles. The van der Waals surface area contributed by atoms with Gasteiger partial charge in [0.25, 0.3) is 0 Å². The highest BCUT2D eigenvalue weighted by atomic mass is 16.3. The topological polar surface area (TPSA) is 51.2 Å². The molecule has 0 N–H and O–H groups in total. The van der Waals surface area contributed by atoms with Gasteiger partial charge in [0.15, 0.2) is 4.98 Å². The number of hydrogen-bond acceptors (Lipinski definition) is 2. The summed E-state index contributed by atoms with van der Waals surface area (Å²) in [7, 11) is 0. The van der Waals surface area contributed by atoms with E-state index in [-0.39, 0.29) is 22.3 Å². The van der Waals surface area contributed by atoms with Crippen LogP contribution in [0.25, 0.3) is 4.98 Å². The van der Waals surface area contributed by atoms with Crippen molar-refractivity contribution in [2.24, 2.45) is 0 Å². The molecule has 1 aromatic rings. The quantitative estimate of drug-likeness (QED) is 0.638. The molecule has 0 saturated heterocycles. The van der Waals surface area contributed by atoms with Crippen LogP contribution in [0.5, 0.6) is 5.75 Å². The van der Waals surface area contributed by atoms with E-state index in [1.54, 1.807) is 6.07 Å². The molecule has 0 unspecified atom stereocenters. The molecule has 0 aliphatic rings. The summed E-state index contributed by atoms with van der Waals surface area (Å²) < 4.78 is 0. The first-order valence-corrected chi connectivity index (χ1v) is 5.78. The third-order valence-electron chi connectivity index (χ3n) is 2.85. The summed E-state index contributed by atoms with van der Waals surface area (Å²) in [6, 6.07) is 3.59. The summed E-state index contributed by atoms with van der Waals surface area (Å²) in [5.41, 5.74) is 1.50. The van der Waals surface area contributed by atoms with Crippen LogP contribution in [0.2, 0.25) is 0 Å². The first kappa shape index (κ1) is 13.5. The van der Waals surface area contributed by atoms with Crippen LogP contribution in [0.1, 0.15) is 52.7 Å². The molecule has 0 spiro atoms. The molecular weight excluding hydrogens is 212 g/mol. The summed E-state index contributed by atoms with van der Waals surface area (Å²) >= 11 is 0. The van der Waals surface area contributed by atoms with Crippen molar-refractivity contribution in [3.8, 4) is 5.75 Å². The Morgan fingerprint density at radius 1 is 1.00 bits per heavy atom. The van der Waals surface area contributed by atoms with Crippen molar-refractivity contribution in [2.45, 2.75) is 52.4 Å². The second-order valence-corrected chi connectivity index (χ2v) is 6.47. The lowest BCUT2D eigenvalue weighted by atomic mass is 9.80.